The maximum Gasteiger partial charge on any atom is 0.0685 e. The van der Waals surface area contributed by atoms with Gasteiger partial charge in [-0.3, -0.25) is 0 Å². The molecule has 0 unspecified atom stereocenters. The first kappa shape index (κ1) is 14.2. The monoisotopic (exact) mass is 314 g/mol. The number of hydrogen-bond donors (Lipinski definition) is 1. The molecule has 0 saturated heterocycles. The number of hydrogen-bond acceptors (Lipinski definition) is 1. The maximum absolute atomic E-state index is 10.0. The molecule has 24 heavy (non-hydrogen) atoms. The molecule has 0 atom stereocenters. The second kappa shape index (κ2) is 5.46. The topological polar surface area (TPSA) is 20.2 Å². The summed E-state index contributed by atoms with van der Waals surface area (Å²) in [5.41, 5.74) is 2.55. The first-order valence-electron chi connectivity index (χ1n) is 9.17. The Morgan fingerprint density at radius 1 is 0.792 bits per heavy atom. The van der Waals surface area contributed by atoms with Gasteiger partial charge in [-0.15, -0.1) is 0 Å². The summed E-state index contributed by atoms with van der Waals surface area (Å²) >= 11 is 0. The minimum Gasteiger partial charge on any atom is -0.392 e. The van der Waals surface area contributed by atoms with E-state index in [1.807, 2.05) is 0 Å². The third kappa shape index (κ3) is 1.98. The van der Waals surface area contributed by atoms with Gasteiger partial charge < -0.3 is 5.11 Å². The van der Waals surface area contributed by atoms with Gasteiger partial charge in [-0.05, 0) is 68.3 Å². The molecule has 5 rings (SSSR count). The van der Waals surface area contributed by atoms with E-state index in [2.05, 4.69) is 48.5 Å². The van der Waals surface area contributed by atoms with Crippen molar-refractivity contribution in [2.24, 2.45) is 0 Å². The summed E-state index contributed by atoms with van der Waals surface area (Å²) in [6.45, 7) is 0.141. The van der Waals surface area contributed by atoms with Crippen LogP contribution in [0.25, 0.3) is 32.3 Å². The first-order valence-corrected chi connectivity index (χ1v) is 9.17. The van der Waals surface area contributed by atoms with Gasteiger partial charge in [-0.2, -0.15) is 0 Å². The molecule has 0 aliphatic heterocycles. The molecule has 0 radical (unpaired) electrons. The highest BCUT2D eigenvalue weighted by molar-refractivity contribution is 6.23. The minimum absolute atomic E-state index is 0.141. The normalized spacial score (nSPS) is 16.5. The van der Waals surface area contributed by atoms with E-state index < -0.39 is 0 Å². The molecular weight excluding hydrogens is 292 g/mol. The summed E-state index contributed by atoms with van der Waals surface area (Å²) < 4.78 is 0. The quantitative estimate of drug-likeness (QED) is 0.442. The first-order chi connectivity index (χ1) is 11.9. The Kier molecular flexibility index (Phi) is 3.24. The van der Waals surface area contributed by atoms with E-state index in [0.717, 1.165) is 5.56 Å². The standard InChI is InChI=1S/C23H22O/c24-14-19-13-18-10-9-16-7-4-8-17-11-12-20(23(18)22(16)17)21(19)15-5-2-1-3-6-15/h4,7-13,15,24H,1-3,5-6,14H2. The number of rotatable bonds is 2. The van der Waals surface area contributed by atoms with Crippen molar-refractivity contribution < 1.29 is 5.11 Å². The summed E-state index contributed by atoms with van der Waals surface area (Å²) in [6.07, 6.45) is 6.51. The molecule has 4 aromatic rings. The highest BCUT2D eigenvalue weighted by atomic mass is 16.3. The molecule has 1 N–H and O–H groups in total. The van der Waals surface area contributed by atoms with E-state index in [-0.39, 0.29) is 6.61 Å². The third-order valence-corrected chi connectivity index (χ3v) is 5.96. The van der Waals surface area contributed by atoms with Gasteiger partial charge in [0.25, 0.3) is 0 Å². The average molecular weight is 314 g/mol. The lowest BCUT2D eigenvalue weighted by Gasteiger charge is -2.27. The van der Waals surface area contributed by atoms with Crippen molar-refractivity contribution in [3.8, 4) is 0 Å². The van der Waals surface area contributed by atoms with E-state index in [0.29, 0.717) is 5.92 Å². The lowest BCUT2D eigenvalue weighted by atomic mass is 9.78. The van der Waals surface area contributed by atoms with E-state index in [9.17, 15) is 5.11 Å². The fourth-order valence-corrected chi connectivity index (χ4v) is 4.90. The second-order valence-electron chi connectivity index (χ2n) is 7.30. The zero-order valence-corrected chi connectivity index (χ0v) is 13.9. The van der Waals surface area contributed by atoms with Gasteiger partial charge >= 0.3 is 0 Å². The van der Waals surface area contributed by atoms with Crippen LogP contribution in [0.4, 0.5) is 0 Å². The Morgan fingerprint density at radius 3 is 2.25 bits per heavy atom. The molecule has 1 aliphatic rings. The van der Waals surface area contributed by atoms with Crippen LogP contribution < -0.4 is 0 Å². The molecule has 1 heteroatoms. The van der Waals surface area contributed by atoms with E-state index in [4.69, 9.17) is 0 Å². The van der Waals surface area contributed by atoms with Gasteiger partial charge in [0.15, 0.2) is 0 Å². The Morgan fingerprint density at radius 2 is 1.50 bits per heavy atom. The van der Waals surface area contributed by atoms with E-state index in [1.165, 1.54) is 70.0 Å². The van der Waals surface area contributed by atoms with Crippen LogP contribution in [0.3, 0.4) is 0 Å². The molecule has 0 bridgehead atoms. The van der Waals surface area contributed by atoms with Crippen molar-refractivity contribution in [2.45, 2.75) is 44.6 Å². The van der Waals surface area contributed by atoms with Gasteiger partial charge in [-0.25, -0.2) is 0 Å². The van der Waals surface area contributed by atoms with Crippen molar-refractivity contribution >= 4 is 32.3 Å². The zero-order valence-electron chi connectivity index (χ0n) is 13.9. The van der Waals surface area contributed by atoms with Crippen LogP contribution in [0.2, 0.25) is 0 Å². The number of aliphatic hydroxyl groups excluding tert-OH is 1. The fourth-order valence-electron chi connectivity index (χ4n) is 4.90. The van der Waals surface area contributed by atoms with Crippen molar-refractivity contribution in [3.05, 3.63) is 59.7 Å². The Balaban J connectivity index is 1.92. The molecule has 0 aromatic heterocycles. The van der Waals surface area contributed by atoms with Crippen molar-refractivity contribution in [2.75, 3.05) is 0 Å². The third-order valence-electron chi connectivity index (χ3n) is 5.96. The predicted molar refractivity (Wildman–Crippen MR) is 102 cm³/mol. The summed E-state index contributed by atoms with van der Waals surface area (Å²) in [6, 6.07) is 17.8. The second-order valence-corrected chi connectivity index (χ2v) is 7.30. The fraction of sp³-hybridized carbons (Fsp3) is 0.304. The van der Waals surface area contributed by atoms with E-state index in [1.54, 1.807) is 0 Å². The Bertz CT molecular complexity index is 1010. The Hall–Kier alpha value is -2.12. The van der Waals surface area contributed by atoms with Crippen LogP contribution in [-0.4, -0.2) is 5.11 Å². The molecule has 4 aromatic carbocycles. The molecule has 1 fully saturated rings. The average Bonchev–Trinajstić information content (AvgIpc) is 2.66. The number of benzene rings is 4. The van der Waals surface area contributed by atoms with Crippen LogP contribution in [0, 0.1) is 0 Å². The van der Waals surface area contributed by atoms with Gasteiger partial charge in [0.2, 0.25) is 0 Å². The summed E-state index contributed by atoms with van der Waals surface area (Å²) in [5.74, 6) is 0.602. The largest absolute Gasteiger partial charge is 0.392 e. The summed E-state index contributed by atoms with van der Waals surface area (Å²) in [5, 5.41) is 18.1. The van der Waals surface area contributed by atoms with Crippen molar-refractivity contribution in [1.29, 1.82) is 0 Å². The molecule has 0 heterocycles. The highest BCUT2D eigenvalue weighted by Crippen LogP contribution is 2.43. The van der Waals surface area contributed by atoms with E-state index >= 15 is 0 Å². The smallest absolute Gasteiger partial charge is 0.0685 e. The van der Waals surface area contributed by atoms with Gasteiger partial charge in [0.1, 0.15) is 0 Å². The van der Waals surface area contributed by atoms with Gasteiger partial charge in [-0.1, -0.05) is 61.7 Å². The molecular formula is C23H22O. The number of aliphatic hydroxyl groups is 1. The van der Waals surface area contributed by atoms with Crippen molar-refractivity contribution in [3.63, 3.8) is 0 Å². The van der Waals surface area contributed by atoms with Crippen molar-refractivity contribution in [1.82, 2.24) is 0 Å². The van der Waals surface area contributed by atoms with Crippen LogP contribution in [-0.2, 0) is 6.61 Å². The van der Waals surface area contributed by atoms with Gasteiger partial charge in [0.05, 0.1) is 6.61 Å². The zero-order chi connectivity index (χ0) is 16.1. The molecule has 120 valence electrons. The summed E-state index contributed by atoms with van der Waals surface area (Å²) in [7, 11) is 0. The SMILES string of the molecule is OCc1cc2ccc3cccc4ccc(c1C1CCCCC1)c2c34. The molecule has 0 amide bonds. The minimum atomic E-state index is 0.141. The predicted octanol–water partition coefficient (Wildman–Crippen LogP) is 6.12. The van der Waals surface area contributed by atoms with Gasteiger partial charge in [0, 0.05) is 0 Å². The highest BCUT2D eigenvalue weighted by Gasteiger charge is 2.22. The lowest BCUT2D eigenvalue weighted by molar-refractivity contribution is 0.279. The molecule has 1 aliphatic carbocycles. The van der Waals surface area contributed by atoms with Crippen LogP contribution >= 0.6 is 0 Å². The molecule has 1 nitrogen and oxygen atoms in total. The van der Waals surface area contributed by atoms with Crippen LogP contribution in [0.15, 0.2) is 48.5 Å². The van der Waals surface area contributed by atoms with Crippen LogP contribution in [0.1, 0.15) is 49.1 Å². The molecule has 0 spiro atoms. The Labute approximate surface area is 142 Å². The molecule has 1 saturated carbocycles. The maximum atomic E-state index is 10.0. The van der Waals surface area contributed by atoms with Crippen LogP contribution in [0.5, 0.6) is 0 Å². The summed E-state index contributed by atoms with van der Waals surface area (Å²) in [4.78, 5) is 0. The lowest BCUT2D eigenvalue weighted by Crippen LogP contribution is -2.09.